The quantitative estimate of drug-likeness (QED) is 0.681. The Morgan fingerprint density at radius 3 is 2.18 bits per heavy atom. The van der Waals surface area contributed by atoms with Crippen LogP contribution in [-0.2, 0) is 26.0 Å². The van der Waals surface area contributed by atoms with Gasteiger partial charge in [0.25, 0.3) is 0 Å². The van der Waals surface area contributed by atoms with Crippen molar-refractivity contribution in [3.05, 3.63) is 59.1 Å². The SMILES string of the molecule is CC(C)C(=O)Nc1ccc(CNC(=O)CCS(=O)(=O)c2ccc(Cl)cc2)cc1. The minimum Gasteiger partial charge on any atom is -0.352 e. The number of hydrogen-bond acceptors (Lipinski definition) is 4. The summed E-state index contributed by atoms with van der Waals surface area (Å²) >= 11 is 5.76. The van der Waals surface area contributed by atoms with Crippen molar-refractivity contribution in [2.24, 2.45) is 5.92 Å². The number of carbonyl (C=O) groups excluding carboxylic acids is 2. The summed E-state index contributed by atoms with van der Waals surface area (Å²) in [6.45, 7) is 3.90. The molecule has 2 amide bonds. The van der Waals surface area contributed by atoms with E-state index in [-0.39, 0.29) is 41.3 Å². The van der Waals surface area contributed by atoms with Crippen molar-refractivity contribution in [3.63, 3.8) is 0 Å². The number of halogens is 1. The van der Waals surface area contributed by atoms with Crippen LogP contribution >= 0.6 is 11.6 Å². The van der Waals surface area contributed by atoms with Gasteiger partial charge in [-0.1, -0.05) is 37.6 Å². The largest absolute Gasteiger partial charge is 0.352 e. The summed E-state index contributed by atoms with van der Waals surface area (Å²) in [5, 5.41) is 5.94. The molecule has 0 radical (unpaired) electrons. The first kappa shape index (κ1) is 21.9. The van der Waals surface area contributed by atoms with Crippen molar-refractivity contribution < 1.29 is 18.0 Å². The smallest absolute Gasteiger partial charge is 0.226 e. The van der Waals surface area contributed by atoms with Crippen molar-refractivity contribution in [1.29, 1.82) is 0 Å². The van der Waals surface area contributed by atoms with Gasteiger partial charge >= 0.3 is 0 Å². The Bertz CT molecular complexity index is 924. The summed E-state index contributed by atoms with van der Waals surface area (Å²) in [5.41, 5.74) is 1.53. The monoisotopic (exact) mass is 422 g/mol. The molecule has 28 heavy (non-hydrogen) atoms. The highest BCUT2D eigenvalue weighted by Crippen LogP contribution is 2.16. The second kappa shape index (κ2) is 9.71. The van der Waals surface area contributed by atoms with Gasteiger partial charge in [-0.05, 0) is 42.0 Å². The van der Waals surface area contributed by atoms with Crippen molar-refractivity contribution in [2.45, 2.75) is 31.7 Å². The highest BCUT2D eigenvalue weighted by Gasteiger charge is 2.16. The van der Waals surface area contributed by atoms with Crippen LogP contribution in [0.2, 0.25) is 5.02 Å². The Balaban J connectivity index is 1.82. The summed E-state index contributed by atoms with van der Waals surface area (Å²) in [7, 11) is -3.54. The maximum atomic E-state index is 12.2. The maximum Gasteiger partial charge on any atom is 0.226 e. The molecule has 8 heteroatoms. The van der Waals surface area contributed by atoms with Gasteiger partial charge in [0.1, 0.15) is 0 Å². The fourth-order valence-corrected chi connectivity index (χ4v) is 3.63. The summed E-state index contributed by atoms with van der Waals surface area (Å²) in [6, 6.07) is 13.0. The van der Waals surface area contributed by atoms with E-state index in [0.29, 0.717) is 10.7 Å². The first-order valence-electron chi connectivity index (χ1n) is 8.82. The summed E-state index contributed by atoms with van der Waals surface area (Å²) < 4.78 is 24.5. The van der Waals surface area contributed by atoms with E-state index in [4.69, 9.17) is 11.6 Å². The molecule has 0 unspecified atom stereocenters. The Hall–Kier alpha value is -2.38. The Morgan fingerprint density at radius 1 is 1.00 bits per heavy atom. The van der Waals surface area contributed by atoms with Crippen LogP contribution in [0.4, 0.5) is 5.69 Å². The normalized spacial score (nSPS) is 11.3. The van der Waals surface area contributed by atoms with Crippen LogP contribution in [-0.4, -0.2) is 26.0 Å². The first-order valence-corrected chi connectivity index (χ1v) is 10.9. The molecule has 0 aliphatic carbocycles. The van der Waals surface area contributed by atoms with E-state index in [9.17, 15) is 18.0 Å². The molecule has 0 bridgehead atoms. The molecule has 2 aromatic carbocycles. The van der Waals surface area contributed by atoms with Crippen LogP contribution in [0.15, 0.2) is 53.4 Å². The second-order valence-corrected chi connectivity index (χ2v) is 9.19. The molecule has 6 nitrogen and oxygen atoms in total. The average Bonchev–Trinajstić information content (AvgIpc) is 2.66. The van der Waals surface area contributed by atoms with E-state index in [1.54, 1.807) is 24.3 Å². The highest BCUT2D eigenvalue weighted by molar-refractivity contribution is 7.91. The Morgan fingerprint density at radius 2 is 1.61 bits per heavy atom. The third-order valence-corrected chi connectivity index (χ3v) is 5.99. The van der Waals surface area contributed by atoms with Gasteiger partial charge in [-0.25, -0.2) is 8.42 Å². The minimum atomic E-state index is -3.54. The van der Waals surface area contributed by atoms with E-state index in [1.165, 1.54) is 24.3 Å². The molecule has 0 fully saturated rings. The van der Waals surface area contributed by atoms with Gasteiger partial charge in [0.2, 0.25) is 11.8 Å². The number of rotatable bonds is 8. The van der Waals surface area contributed by atoms with Gasteiger partial charge in [0, 0.05) is 29.6 Å². The van der Waals surface area contributed by atoms with Gasteiger partial charge in [-0.15, -0.1) is 0 Å². The molecule has 0 aromatic heterocycles. The van der Waals surface area contributed by atoms with Gasteiger partial charge in [-0.3, -0.25) is 9.59 Å². The molecule has 0 spiro atoms. The number of nitrogens with one attached hydrogen (secondary N) is 2. The van der Waals surface area contributed by atoms with E-state index in [1.807, 2.05) is 13.8 Å². The molecule has 2 N–H and O–H groups in total. The predicted molar refractivity (Wildman–Crippen MR) is 110 cm³/mol. The van der Waals surface area contributed by atoms with Gasteiger partial charge in [0.05, 0.1) is 10.6 Å². The minimum absolute atomic E-state index is 0.0667. The lowest BCUT2D eigenvalue weighted by Crippen LogP contribution is -2.25. The Labute approximate surface area is 170 Å². The van der Waals surface area contributed by atoms with E-state index >= 15 is 0 Å². The van der Waals surface area contributed by atoms with Crippen LogP contribution in [0.25, 0.3) is 0 Å². The molecular weight excluding hydrogens is 400 g/mol. The molecule has 150 valence electrons. The highest BCUT2D eigenvalue weighted by atomic mass is 35.5. The Kier molecular flexibility index (Phi) is 7.60. The lowest BCUT2D eigenvalue weighted by molar-refractivity contribution is -0.121. The zero-order valence-corrected chi connectivity index (χ0v) is 17.3. The lowest BCUT2D eigenvalue weighted by Gasteiger charge is -2.09. The number of hydrogen-bond donors (Lipinski definition) is 2. The van der Waals surface area contributed by atoms with E-state index in [2.05, 4.69) is 10.6 Å². The molecule has 0 saturated heterocycles. The zero-order chi connectivity index (χ0) is 20.7. The zero-order valence-electron chi connectivity index (χ0n) is 15.7. The molecule has 0 heterocycles. The summed E-state index contributed by atoms with van der Waals surface area (Å²) in [5.74, 6) is -0.804. The number of sulfone groups is 1. The van der Waals surface area contributed by atoms with Crippen LogP contribution in [0.1, 0.15) is 25.8 Å². The number of amides is 2. The third kappa shape index (κ3) is 6.65. The third-order valence-electron chi connectivity index (χ3n) is 4.01. The molecule has 0 saturated carbocycles. The second-order valence-electron chi connectivity index (χ2n) is 6.64. The van der Waals surface area contributed by atoms with Gasteiger partial charge < -0.3 is 10.6 Å². The summed E-state index contributed by atoms with van der Waals surface area (Å²) in [4.78, 5) is 23.8. The van der Waals surface area contributed by atoms with Crippen molar-refractivity contribution in [1.82, 2.24) is 5.32 Å². The molecular formula is C20H23ClN2O4S. The number of benzene rings is 2. The van der Waals surface area contributed by atoms with Crippen LogP contribution < -0.4 is 10.6 Å². The van der Waals surface area contributed by atoms with Crippen LogP contribution in [0.5, 0.6) is 0 Å². The standard InChI is InChI=1S/C20H23ClN2O4S/c1-14(2)20(25)23-17-7-3-15(4-8-17)13-22-19(24)11-12-28(26,27)18-9-5-16(21)6-10-18/h3-10,14H,11-13H2,1-2H3,(H,22,24)(H,23,25). The molecule has 0 atom stereocenters. The molecule has 0 aliphatic heterocycles. The fraction of sp³-hybridized carbons (Fsp3) is 0.300. The summed E-state index contributed by atoms with van der Waals surface area (Å²) in [6.07, 6.45) is -0.131. The van der Waals surface area contributed by atoms with Crippen molar-refractivity contribution >= 4 is 38.9 Å². The molecule has 2 rings (SSSR count). The van der Waals surface area contributed by atoms with Crippen molar-refractivity contribution in [3.8, 4) is 0 Å². The number of carbonyl (C=O) groups is 2. The lowest BCUT2D eigenvalue weighted by atomic mass is 10.1. The molecule has 2 aromatic rings. The maximum absolute atomic E-state index is 12.2. The molecule has 0 aliphatic rings. The fourth-order valence-electron chi connectivity index (χ4n) is 2.27. The average molecular weight is 423 g/mol. The topological polar surface area (TPSA) is 92.3 Å². The van der Waals surface area contributed by atoms with Crippen LogP contribution in [0, 0.1) is 5.92 Å². The van der Waals surface area contributed by atoms with Crippen molar-refractivity contribution in [2.75, 3.05) is 11.1 Å². The van der Waals surface area contributed by atoms with Gasteiger partial charge in [0.15, 0.2) is 9.84 Å². The van der Waals surface area contributed by atoms with Gasteiger partial charge in [-0.2, -0.15) is 0 Å². The first-order chi connectivity index (χ1) is 13.2. The van der Waals surface area contributed by atoms with E-state index < -0.39 is 9.84 Å². The predicted octanol–water partition coefficient (Wildman–Crippen LogP) is 3.41. The van der Waals surface area contributed by atoms with Crippen LogP contribution in [0.3, 0.4) is 0 Å². The number of anilines is 1. The van der Waals surface area contributed by atoms with E-state index in [0.717, 1.165) is 5.56 Å².